The van der Waals surface area contributed by atoms with Gasteiger partial charge in [-0.1, -0.05) is 18.2 Å². The molecule has 1 heterocycles. The highest BCUT2D eigenvalue weighted by Crippen LogP contribution is 2.31. The first-order valence-electron chi connectivity index (χ1n) is 9.81. The summed E-state index contributed by atoms with van der Waals surface area (Å²) in [6.07, 6.45) is -2.92. The number of nitrogens with zero attached hydrogens (tertiary/aromatic N) is 1. The fourth-order valence-electron chi connectivity index (χ4n) is 3.63. The third-order valence-corrected chi connectivity index (χ3v) is 5.20. The Kier molecular flexibility index (Phi) is 5.50. The molecule has 0 unspecified atom stereocenters. The summed E-state index contributed by atoms with van der Waals surface area (Å²) >= 11 is 0. The van der Waals surface area contributed by atoms with Crippen molar-refractivity contribution in [2.75, 3.05) is 16.8 Å². The monoisotopic (exact) mass is 424 g/mol. The fourth-order valence-corrected chi connectivity index (χ4v) is 3.63. The Morgan fingerprint density at radius 1 is 0.871 bits per heavy atom. The molecule has 1 N–H and O–H groups in total. The van der Waals surface area contributed by atoms with E-state index >= 15 is 0 Å². The predicted molar refractivity (Wildman–Crippen MR) is 112 cm³/mol. The van der Waals surface area contributed by atoms with Crippen molar-refractivity contribution in [3.05, 3.63) is 95.1 Å². The molecule has 0 spiro atoms. The summed E-state index contributed by atoms with van der Waals surface area (Å²) in [6, 6.07) is 18.4. The Bertz CT molecular complexity index is 1110. The minimum absolute atomic E-state index is 0.0940. The van der Waals surface area contributed by atoms with Gasteiger partial charge in [0.25, 0.3) is 11.8 Å². The van der Waals surface area contributed by atoms with Crippen molar-refractivity contribution in [1.82, 2.24) is 0 Å². The third-order valence-electron chi connectivity index (χ3n) is 5.20. The van der Waals surface area contributed by atoms with Crippen molar-refractivity contribution in [3.8, 4) is 0 Å². The van der Waals surface area contributed by atoms with Crippen LogP contribution in [-0.2, 0) is 12.6 Å². The van der Waals surface area contributed by atoms with Crippen molar-refractivity contribution in [1.29, 1.82) is 0 Å². The molecule has 7 heteroatoms. The minimum atomic E-state index is -4.43. The van der Waals surface area contributed by atoms with E-state index < -0.39 is 17.6 Å². The van der Waals surface area contributed by atoms with Crippen molar-refractivity contribution in [2.24, 2.45) is 0 Å². The van der Waals surface area contributed by atoms with Crippen LogP contribution in [-0.4, -0.2) is 18.4 Å². The number of hydrogen-bond donors (Lipinski definition) is 1. The molecule has 0 aromatic heterocycles. The number of carbonyl (C=O) groups is 2. The van der Waals surface area contributed by atoms with Crippen LogP contribution in [0.25, 0.3) is 0 Å². The van der Waals surface area contributed by atoms with Crippen molar-refractivity contribution in [3.63, 3.8) is 0 Å². The average molecular weight is 424 g/mol. The Balaban J connectivity index is 1.52. The lowest BCUT2D eigenvalue weighted by Gasteiger charge is -2.30. The van der Waals surface area contributed by atoms with Gasteiger partial charge in [0.15, 0.2) is 0 Å². The highest BCUT2D eigenvalue weighted by molar-refractivity contribution is 6.08. The van der Waals surface area contributed by atoms with Crippen LogP contribution in [0, 0.1) is 0 Å². The van der Waals surface area contributed by atoms with Gasteiger partial charge in [-0.05, 0) is 73.0 Å². The van der Waals surface area contributed by atoms with Crippen LogP contribution in [0.4, 0.5) is 24.5 Å². The first-order chi connectivity index (χ1) is 14.8. The predicted octanol–water partition coefficient (Wildman–Crippen LogP) is 5.55. The van der Waals surface area contributed by atoms with E-state index in [0.29, 0.717) is 17.7 Å². The molecule has 31 heavy (non-hydrogen) atoms. The number of hydrogen-bond acceptors (Lipinski definition) is 2. The topological polar surface area (TPSA) is 49.4 Å². The summed E-state index contributed by atoms with van der Waals surface area (Å²) < 4.78 is 38.1. The molecule has 0 aliphatic carbocycles. The van der Waals surface area contributed by atoms with Gasteiger partial charge < -0.3 is 10.2 Å². The molecule has 0 radical (unpaired) electrons. The van der Waals surface area contributed by atoms with Crippen LogP contribution in [0.3, 0.4) is 0 Å². The zero-order valence-electron chi connectivity index (χ0n) is 16.4. The lowest BCUT2D eigenvalue weighted by molar-refractivity contribution is -0.137. The molecule has 2 amide bonds. The quantitative estimate of drug-likeness (QED) is 0.599. The summed E-state index contributed by atoms with van der Waals surface area (Å²) in [4.78, 5) is 27.2. The van der Waals surface area contributed by atoms with Gasteiger partial charge in [0, 0.05) is 29.0 Å². The van der Waals surface area contributed by atoms with Gasteiger partial charge in [-0.2, -0.15) is 13.2 Å². The number of halogens is 3. The van der Waals surface area contributed by atoms with Crippen LogP contribution in [0.1, 0.15) is 38.3 Å². The number of aryl methyl sites for hydroxylation is 1. The van der Waals surface area contributed by atoms with Gasteiger partial charge in [-0.15, -0.1) is 0 Å². The van der Waals surface area contributed by atoms with E-state index in [1.54, 1.807) is 35.2 Å². The van der Waals surface area contributed by atoms with Crippen molar-refractivity contribution >= 4 is 23.2 Å². The Labute approximate surface area is 177 Å². The lowest BCUT2D eigenvalue weighted by Crippen LogP contribution is -2.35. The van der Waals surface area contributed by atoms with E-state index in [4.69, 9.17) is 0 Å². The van der Waals surface area contributed by atoms with Crippen LogP contribution in [0.5, 0.6) is 0 Å². The lowest BCUT2D eigenvalue weighted by atomic mass is 9.98. The molecule has 3 aromatic carbocycles. The largest absolute Gasteiger partial charge is 0.416 e. The molecular weight excluding hydrogens is 405 g/mol. The second kappa shape index (κ2) is 8.26. The number of nitrogens with one attached hydrogen (secondary N) is 1. The smallest absolute Gasteiger partial charge is 0.322 e. The zero-order chi connectivity index (χ0) is 22.0. The number of carbonyl (C=O) groups excluding carboxylic acids is 2. The third kappa shape index (κ3) is 4.45. The number of anilines is 2. The SMILES string of the molecule is O=C(Nc1ccc(C(F)(F)F)cc1)c1ccc2c(c1)CCCN2C(=O)c1ccccc1. The summed E-state index contributed by atoms with van der Waals surface area (Å²) in [7, 11) is 0. The van der Waals surface area contributed by atoms with Crippen LogP contribution >= 0.6 is 0 Å². The van der Waals surface area contributed by atoms with Gasteiger partial charge in [0.2, 0.25) is 0 Å². The van der Waals surface area contributed by atoms with E-state index in [1.165, 1.54) is 12.1 Å². The molecule has 0 atom stereocenters. The Morgan fingerprint density at radius 2 is 1.58 bits per heavy atom. The summed E-state index contributed by atoms with van der Waals surface area (Å²) in [6.45, 7) is 0.595. The molecule has 1 aliphatic rings. The molecule has 0 saturated carbocycles. The van der Waals surface area contributed by atoms with Crippen LogP contribution in [0.2, 0.25) is 0 Å². The van der Waals surface area contributed by atoms with E-state index in [2.05, 4.69) is 5.32 Å². The number of amides is 2. The second-order valence-corrected chi connectivity index (χ2v) is 7.30. The highest BCUT2D eigenvalue weighted by atomic mass is 19.4. The molecule has 1 aliphatic heterocycles. The first kappa shape index (κ1) is 20.7. The van der Waals surface area contributed by atoms with Crippen LogP contribution < -0.4 is 10.2 Å². The molecule has 158 valence electrons. The van der Waals surface area contributed by atoms with Gasteiger partial charge in [0.1, 0.15) is 0 Å². The molecule has 3 aromatic rings. The fraction of sp³-hybridized carbons (Fsp3) is 0.167. The van der Waals surface area contributed by atoms with Crippen molar-refractivity contribution < 1.29 is 22.8 Å². The molecule has 4 nitrogen and oxygen atoms in total. The van der Waals surface area contributed by atoms with Gasteiger partial charge in [0.05, 0.1) is 5.56 Å². The second-order valence-electron chi connectivity index (χ2n) is 7.30. The molecule has 0 fully saturated rings. The maximum absolute atomic E-state index is 12.9. The van der Waals surface area contributed by atoms with E-state index in [1.807, 2.05) is 18.2 Å². The number of rotatable bonds is 3. The van der Waals surface area contributed by atoms with Crippen LogP contribution in [0.15, 0.2) is 72.8 Å². The Morgan fingerprint density at radius 3 is 2.26 bits per heavy atom. The standard InChI is InChI=1S/C24H19F3N2O2/c25-24(26,27)19-9-11-20(12-10-19)28-22(30)18-8-13-21-17(15-18)7-4-14-29(21)23(31)16-5-2-1-3-6-16/h1-3,5-6,8-13,15H,4,7,14H2,(H,28,30). The van der Waals surface area contributed by atoms with Gasteiger partial charge >= 0.3 is 6.18 Å². The zero-order valence-corrected chi connectivity index (χ0v) is 16.4. The van der Waals surface area contributed by atoms with E-state index in [-0.39, 0.29) is 11.6 Å². The minimum Gasteiger partial charge on any atom is -0.322 e. The van der Waals surface area contributed by atoms with Gasteiger partial charge in [-0.25, -0.2) is 0 Å². The van der Waals surface area contributed by atoms with E-state index in [0.717, 1.165) is 36.2 Å². The summed E-state index contributed by atoms with van der Waals surface area (Å²) in [5, 5.41) is 2.62. The number of benzene rings is 3. The van der Waals surface area contributed by atoms with E-state index in [9.17, 15) is 22.8 Å². The number of alkyl halides is 3. The molecular formula is C24H19F3N2O2. The maximum Gasteiger partial charge on any atom is 0.416 e. The molecule has 0 bridgehead atoms. The highest BCUT2D eigenvalue weighted by Gasteiger charge is 2.30. The Hall–Kier alpha value is -3.61. The van der Waals surface area contributed by atoms with Gasteiger partial charge in [-0.3, -0.25) is 9.59 Å². The molecule has 4 rings (SSSR count). The maximum atomic E-state index is 12.9. The first-order valence-corrected chi connectivity index (χ1v) is 9.81. The molecule has 0 saturated heterocycles. The average Bonchev–Trinajstić information content (AvgIpc) is 2.78. The number of fused-ring (bicyclic) bond motifs is 1. The summed E-state index contributed by atoms with van der Waals surface area (Å²) in [5.41, 5.74) is 2.13. The normalized spacial score (nSPS) is 13.5. The summed E-state index contributed by atoms with van der Waals surface area (Å²) in [5.74, 6) is -0.516. The van der Waals surface area contributed by atoms with Crippen molar-refractivity contribution in [2.45, 2.75) is 19.0 Å².